The van der Waals surface area contributed by atoms with Crippen molar-refractivity contribution in [2.24, 2.45) is 0 Å². The smallest absolute Gasteiger partial charge is 0.156 e. The van der Waals surface area contributed by atoms with Gasteiger partial charge in [0.05, 0.1) is 5.69 Å². The summed E-state index contributed by atoms with van der Waals surface area (Å²) in [5.74, 6) is -0.453. The molecular formula is C14H8BrClFNO. The number of phenols is 1. The molecule has 19 heavy (non-hydrogen) atoms. The summed E-state index contributed by atoms with van der Waals surface area (Å²) in [5.41, 5.74) is 1.31. The summed E-state index contributed by atoms with van der Waals surface area (Å²) in [4.78, 5) is 2.97. The largest absolute Gasteiger partial charge is 0.507 e. The third kappa shape index (κ3) is 2.11. The zero-order chi connectivity index (χ0) is 13.6. The van der Waals surface area contributed by atoms with Gasteiger partial charge in [0.1, 0.15) is 5.75 Å². The van der Waals surface area contributed by atoms with E-state index in [1.165, 1.54) is 6.07 Å². The lowest BCUT2D eigenvalue weighted by Gasteiger charge is -2.02. The highest BCUT2D eigenvalue weighted by molar-refractivity contribution is 9.10. The normalized spacial score (nSPS) is 11.1. The van der Waals surface area contributed by atoms with Gasteiger partial charge in [0.2, 0.25) is 0 Å². The first-order valence-electron chi connectivity index (χ1n) is 5.52. The fourth-order valence-corrected chi connectivity index (χ4v) is 2.56. The first-order valence-corrected chi connectivity index (χ1v) is 6.69. The molecule has 0 amide bonds. The molecule has 3 aromatic rings. The zero-order valence-corrected chi connectivity index (χ0v) is 11.9. The molecule has 5 heteroatoms. The first-order chi connectivity index (χ1) is 9.06. The van der Waals surface area contributed by atoms with Crippen molar-refractivity contribution in [1.82, 2.24) is 4.98 Å². The molecule has 0 aliphatic heterocycles. The number of benzene rings is 2. The molecule has 2 aromatic carbocycles. The number of H-pyrrole nitrogens is 1. The Balaban J connectivity index is 2.28. The van der Waals surface area contributed by atoms with Crippen molar-refractivity contribution in [2.45, 2.75) is 0 Å². The minimum atomic E-state index is -0.395. The molecule has 2 nitrogen and oxygen atoms in total. The fraction of sp³-hybridized carbons (Fsp3) is 0. The second-order valence-corrected chi connectivity index (χ2v) is 5.52. The lowest BCUT2D eigenvalue weighted by atomic mass is 10.1. The molecule has 3 rings (SSSR count). The van der Waals surface area contributed by atoms with Crippen LogP contribution in [0.3, 0.4) is 0 Å². The van der Waals surface area contributed by atoms with Crippen molar-refractivity contribution < 1.29 is 9.50 Å². The van der Waals surface area contributed by atoms with Gasteiger partial charge in [0, 0.05) is 26.0 Å². The monoisotopic (exact) mass is 339 g/mol. The Morgan fingerprint density at radius 3 is 2.68 bits per heavy atom. The van der Waals surface area contributed by atoms with Crippen LogP contribution < -0.4 is 0 Å². The van der Waals surface area contributed by atoms with E-state index < -0.39 is 5.82 Å². The second kappa shape index (κ2) is 4.54. The maximum atomic E-state index is 14.4. The van der Waals surface area contributed by atoms with E-state index in [-0.39, 0.29) is 11.4 Å². The quantitative estimate of drug-likeness (QED) is 0.635. The van der Waals surface area contributed by atoms with Gasteiger partial charge < -0.3 is 10.1 Å². The number of phenolic OH excluding ortho intramolecular Hbond substituents is 1. The zero-order valence-electron chi connectivity index (χ0n) is 9.55. The third-order valence-electron chi connectivity index (χ3n) is 2.93. The first kappa shape index (κ1) is 12.5. The Morgan fingerprint density at radius 1 is 1.16 bits per heavy atom. The van der Waals surface area contributed by atoms with Gasteiger partial charge in [-0.25, -0.2) is 4.39 Å². The molecule has 0 fully saturated rings. The van der Waals surface area contributed by atoms with Gasteiger partial charge in [-0.3, -0.25) is 0 Å². The van der Waals surface area contributed by atoms with Crippen molar-refractivity contribution in [1.29, 1.82) is 0 Å². The molecule has 0 radical (unpaired) electrons. The predicted molar refractivity (Wildman–Crippen MR) is 78.1 cm³/mol. The Hall–Kier alpha value is -1.52. The number of rotatable bonds is 1. The number of halogens is 3. The predicted octanol–water partition coefficient (Wildman–Crippen LogP) is 5.10. The number of hydrogen-bond donors (Lipinski definition) is 2. The van der Waals surface area contributed by atoms with Crippen LogP contribution in [0.5, 0.6) is 5.75 Å². The molecule has 1 aromatic heterocycles. The maximum absolute atomic E-state index is 14.4. The summed E-state index contributed by atoms with van der Waals surface area (Å²) >= 11 is 9.08. The van der Waals surface area contributed by atoms with Crippen LogP contribution in [0.25, 0.3) is 22.2 Å². The molecule has 0 saturated heterocycles. The van der Waals surface area contributed by atoms with Crippen molar-refractivity contribution in [3.63, 3.8) is 0 Å². The van der Waals surface area contributed by atoms with Crippen molar-refractivity contribution >= 4 is 38.4 Å². The molecule has 1 heterocycles. The standard InChI is InChI=1S/C14H8BrClFNO/c15-7-1-4-11-10(5-7)13(17)14(18-11)9-3-2-8(16)6-12(9)19/h1-6,18-19H. The van der Waals surface area contributed by atoms with Gasteiger partial charge >= 0.3 is 0 Å². The summed E-state index contributed by atoms with van der Waals surface area (Å²) in [6.45, 7) is 0. The molecule has 0 atom stereocenters. The summed E-state index contributed by atoms with van der Waals surface area (Å²) in [6.07, 6.45) is 0. The number of nitrogens with one attached hydrogen (secondary N) is 1. The summed E-state index contributed by atoms with van der Waals surface area (Å²) in [6, 6.07) is 9.87. The number of aromatic nitrogens is 1. The van der Waals surface area contributed by atoms with Gasteiger partial charge in [0.25, 0.3) is 0 Å². The molecule has 0 saturated carbocycles. The summed E-state index contributed by atoms with van der Waals surface area (Å²) in [7, 11) is 0. The highest BCUT2D eigenvalue weighted by atomic mass is 79.9. The van der Waals surface area contributed by atoms with Crippen LogP contribution in [0.1, 0.15) is 0 Å². The Morgan fingerprint density at radius 2 is 1.95 bits per heavy atom. The van der Waals surface area contributed by atoms with Gasteiger partial charge in [0.15, 0.2) is 5.82 Å². The molecule has 96 valence electrons. The molecular weight excluding hydrogens is 333 g/mol. The lowest BCUT2D eigenvalue weighted by Crippen LogP contribution is -1.82. The lowest BCUT2D eigenvalue weighted by molar-refractivity contribution is 0.476. The van der Waals surface area contributed by atoms with Gasteiger partial charge in [-0.1, -0.05) is 27.5 Å². The fourth-order valence-electron chi connectivity index (χ4n) is 2.03. The van der Waals surface area contributed by atoms with Crippen molar-refractivity contribution in [2.75, 3.05) is 0 Å². The van der Waals surface area contributed by atoms with Crippen LogP contribution in [0.4, 0.5) is 4.39 Å². The summed E-state index contributed by atoms with van der Waals surface area (Å²) < 4.78 is 15.2. The summed E-state index contributed by atoms with van der Waals surface area (Å²) in [5, 5.41) is 10.7. The minimum Gasteiger partial charge on any atom is -0.507 e. The molecule has 0 aliphatic rings. The average Bonchev–Trinajstić information content (AvgIpc) is 2.67. The van der Waals surface area contributed by atoms with E-state index in [0.717, 1.165) is 4.47 Å². The van der Waals surface area contributed by atoms with Crippen LogP contribution in [0.15, 0.2) is 40.9 Å². The molecule has 0 spiro atoms. The Labute approximate surface area is 122 Å². The average molecular weight is 341 g/mol. The van der Waals surface area contributed by atoms with E-state index in [0.29, 0.717) is 21.5 Å². The van der Waals surface area contributed by atoms with Crippen LogP contribution in [-0.2, 0) is 0 Å². The van der Waals surface area contributed by atoms with E-state index in [2.05, 4.69) is 20.9 Å². The highest BCUT2D eigenvalue weighted by Gasteiger charge is 2.16. The number of aromatic amines is 1. The van der Waals surface area contributed by atoms with Crippen LogP contribution >= 0.6 is 27.5 Å². The van der Waals surface area contributed by atoms with Crippen LogP contribution in [0, 0.1) is 5.82 Å². The third-order valence-corrected chi connectivity index (χ3v) is 3.65. The Bertz CT molecular complexity index is 784. The highest BCUT2D eigenvalue weighted by Crippen LogP contribution is 2.36. The van der Waals surface area contributed by atoms with E-state index in [1.807, 2.05) is 6.07 Å². The van der Waals surface area contributed by atoms with Crippen LogP contribution in [0.2, 0.25) is 5.02 Å². The SMILES string of the molecule is Oc1cc(Cl)ccc1-c1[nH]c2ccc(Br)cc2c1F. The van der Waals surface area contributed by atoms with E-state index >= 15 is 0 Å². The Kier molecular flexibility index (Phi) is 2.99. The van der Waals surface area contributed by atoms with Gasteiger partial charge in [-0.2, -0.15) is 0 Å². The topological polar surface area (TPSA) is 36.0 Å². The van der Waals surface area contributed by atoms with E-state index in [9.17, 15) is 9.50 Å². The number of fused-ring (bicyclic) bond motifs is 1. The number of aromatic hydroxyl groups is 1. The molecule has 0 aliphatic carbocycles. The van der Waals surface area contributed by atoms with Gasteiger partial charge in [-0.15, -0.1) is 0 Å². The minimum absolute atomic E-state index is 0.0583. The molecule has 2 N–H and O–H groups in total. The molecule has 0 unspecified atom stereocenters. The van der Waals surface area contributed by atoms with Crippen LogP contribution in [-0.4, -0.2) is 10.1 Å². The van der Waals surface area contributed by atoms with E-state index in [1.54, 1.807) is 24.3 Å². The number of hydrogen-bond acceptors (Lipinski definition) is 1. The van der Waals surface area contributed by atoms with Crippen molar-refractivity contribution in [3.05, 3.63) is 51.7 Å². The maximum Gasteiger partial charge on any atom is 0.156 e. The second-order valence-electron chi connectivity index (χ2n) is 4.17. The van der Waals surface area contributed by atoms with Gasteiger partial charge in [-0.05, 0) is 36.4 Å². The van der Waals surface area contributed by atoms with Crippen molar-refractivity contribution in [3.8, 4) is 17.0 Å². The van der Waals surface area contributed by atoms with E-state index in [4.69, 9.17) is 11.6 Å². The molecule has 0 bridgehead atoms.